The summed E-state index contributed by atoms with van der Waals surface area (Å²) < 4.78 is 8.24. The van der Waals surface area contributed by atoms with Gasteiger partial charge in [-0.05, 0) is 81.0 Å². The van der Waals surface area contributed by atoms with Crippen LogP contribution in [-0.4, -0.2) is 12.1 Å². The van der Waals surface area contributed by atoms with Crippen molar-refractivity contribution in [1.82, 2.24) is 0 Å². The number of aromatic nitrogens is 1. The molecule has 1 aromatic heterocycles. The number of halogens is 1. The van der Waals surface area contributed by atoms with E-state index < -0.39 is 0 Å². The van der Waals surface area contributed by atoms with Crippen LogP contribution in [0.15, 0.2) is 0 Å². The third-order valence-corrected chi connectivity index (χ3v) is 11.2. The van der Waals surface area contributed by atoms with Crippen LogP contribution < -0.4 is 21.5 Å². The first-order chi connectivity index (χ1) is 13.8. The Morgan fingerprint density at radius 2 is 1.93 bits per heavy atom. The summed E-state index contributed by atoms with van der Waals surface area (Å²) in [5.41, 5.74) is 2.53. The predicted molar refractivity (Wildman–Crippen MR) is 116 cm³/mol. The van der Waals surface area contributed by atoms with Gasteiger partial charge in [0.05, 0.1) is 4.88 Å². The van der Waals surface area contributed by atoms with Crippen molar-refractivity contribution in [2.24, 2.45) is 29.1 Å². The second kappa shape index (κ2) is 7.86. The van der Waals surface area contributed by atoms with E-state index in [1.165, 1.54) is 43.5 Å². The van der Waals surface area contributed by atoms with Gasteiger partial charge in [-0.15, -0.1) is 0 Å². The van der Waals surface area contributed by atoms with E-state index in [1.54, 1.807) is 17.5 Å². The molecule has 0 unspecified atom stereocenters. The van der Waals surface area contributed by atoms with Crippen molar-refractivity contribution >= 4 is 17.3 Å². The molecule has 168 valence electrons. The minimum absolute atomic E-state index is 0. The Hall–Kier alpha value is -0.420. The summed E-state index contributed by atoms with van der Waals surface area (Å²) in [6.45, 7) is 12.5. The quantitative estimate of drug-likeness (QED) is 0.465. The highest BCUT2D eigenvalue weighted by Gasteiger charge is 2.61. The summed E-state index contributed by atoms with van der Waals surface area (Å²) >= 11 is 2.09. The van der Waals surface area contributed by atoms with Crippen LogP contribution in [-0.2, 0) is 27.9 Å². The van der Waals surface area contributed by atoms with Crippen molar-refractivity contribution in [3.63, 3.8) is 0 Å². The molecule has 0 N–H and O–H groups in total. The Labute approximate surface area is 196 Å². The molecule has 1 heterocycles. The summed E-state index contributed by atoms with van der Waals surface area (Å²) in [7, 11) is 0. The van der Waals surface area contributed by atoms with Gasteiger partial charge in [-0.25, -0.2) is 0 Å². The molecule has 0 amide bonds. The number of hydrogen-bond donors (Lipinski definition) is 0. The maximum atomic E-state index is 11.5. The molecule has 1 aromatic rings. The molecule has 4 aliphatic carbocycles. The molecule has 0 bridgehead atoms. The highest BCUT2D eigenvalue weighted by atomic mass is 79.9. The summed E-state index contributed by atoms with van der Waals surface area (Å²) in [5.74, 6) is 3.22. The molecule has 3 saturated carbocycles. The minimum Gasteiger partial charge on any atom is -1.00 e. The first-order valence-electron chi connectivity index (χ1n) is 12.0. The van der Waals surface area contributed by atoms with Gasteiger partial charge in [0, 0.05) is 25.7 Å². The zero-order chi connectivity index (χ0) is 20.6. The molecular formula is C25H38BrNO2S. The van der Waals surface area contributed by atoms with Gasteiger partial charge in [0.1, 0.15) is 12.6 Å². The number of carbonyl (C=O) groups is 1. The second-order valence-electron chi connectivity index (χ2n) is 11.0. The second-order valence-corrected chi connectivity index (χ2v) is 12.2. The number of ether oxygens (including phenoxy) is 1. The zero-order valence-electron chi connectivity index (χ0n) is 19.3. The fourth-order valence-corrected chi connectivity index (χ4v) is 9.83. The van der Waals surface area contributed by atoms with Crippen molar-refractivity contribution in [1.29, 1.82) is 0 Å². The average molecular weight is 497 g/mol. The van der Waals surface area contributed by atoms with Crippen LogP contribution in [0.25, 0.3) is 0 Å². The van der Waals surface area contributed by atoms with E-state index in [0.717, 1.165) is 43.1 Å². The minimum atomic E-state index is -0.0997. The molecule has 3 fully saturated rings. The van der Waals surface area contributed by atoms with E-state index in [-0.39, 0.29) is 29.1 Å². The normalized spacial score (nSPS) is 41.7. The van der Waals surface area contributed by atoms with Crippen molar-refractivity contribution in [2.75, 3.05) is 0 Å². The maximum Gasteiger partial charge on any atom is 0.302 e. The molecule has 30 heavy (non-hydrogen) atoms. The van der Waals surface area contributed by atoms with Crippen LogP contribution in [0.2, 0.25) is 0 Å². The lowest BCUT2D eigenvalue weighted by Crippen LogP contribution is -3.00. The number of hydrogen-bond acceptors (Lipinski definition) is 3. The van der Waals surface area contributed by atoms with E-state index in [0.29, 0.717) is 10.8 Å². The molecule has 5 heteroatoms. The average Bonchev–Trinajstić information content (AvgIpc) is 3.13. The Balaban J connectivity index is 0.00000218. The van der Waals surface area contributed by atoms with Gasteiger partial charge in [0.25, 0.3) is 0 Å². The summed E-state index contributed by atoms with van der Waals surface area (Å²) in [6.07, 6.45) is 10.4. The molecule has 0 radical (unpaired) electrons. The number of rotatable bonds is 2. The van der Waals surface area contributed by atoms with Gasteiger partial charge in [-0.3, -0.25) is 4.79 Å². The number of aryl methyl sites for hydroxylation is 1. The standard InChI is InChI=1S/C25H38NO2S.BrH/c1-6-26-15(2)29-23-22(26)14-21-19-8-7-17-13-18(28-16(3)27)9-11-24(17,4)20(19)10-12-25(21,23)5;/h17-21H,6-14H2,1-5H3;1H/q+1;/p-1/t17-,18-,19+,20-,21-,24-,25-;/m0./s1. The molecule has 0 saturated heterocycles. The van der Waals surface area contributed by atoms with Crippen LogP contribution in [0.5, 0.6) is 0 Å². The summed E-state index contributed by atoms with van der Waals surface area (Å²) in [5, 5.41) is 1.50. The lowest BCUT2D eigenvalue weighted by molar-refractivity contribution is -0.701. The van der Waals surface area contributed by atoms with Gasteiger partial charge in [0.15, 0.2) is 5.69 Å². The Morgan fingerprint density at radius 1 is 1.17 bits per heavy atom. The van der Waals surface area contributed by atoms with E-state index >= 15 is 0 Å². The van der Waals surface area contributed by atoms with Crippen molar-refractivity contribution in [3.05, 3.63) is 15.6 Å². The van der Waals surface area contributed by atoms with Gasteiger partial charge < -0.3 is 21.7 Å². The topological polar surface area (TPSA) is 30.2 Å². The smallest absolute Gasteiger partial charge is 0.302 e. The first kappa shape index (κ1) is 22.8. The molecule has 7 atom stereocenters. The summed E-state index contributed by atoms with van der Waals surface area (Å²) in [6, 6.07) is 0. The Bertz CT molecular complexity index is 837. The number of carbonyl (C=O) groups excluding carboxylic acids is 1. The lowest BCUT2D eigenvalue weighted by atomic mass is 9.45. The largest absolute Gasteiger partial charge is 1.00 e. The number of nitrogens with zero attached hydrogens (tertiary/aromatic N) is 1. The molecular weight excluding hydrogens is 458 g/mol. The van der Waals surface area contributed by atoms with Crippen molar-refractivity contribution in [2.45, 2.75) is 104 Å². The number of thiazole rings is 1. The molecule has 4 aliphatic rings. The fraction of sp³-hybridized carbons (Fsp3) is 0.840. The summed E-state index contributed by atoms with van der Waals surface area (Å²) in [4.78, 5) is 13.2. The highest BCUT2D eigenvalue weighted by molar-refractivity contribution is 7.11. The SMILES string of the molecule is CC[n+]1c(C)sc2c1C[C@H]1[C@@H]3CC[C@H]4C[C@@H](OC(C)=O)CC[C@]4(C)[C@H]3CC[C@]21C.[Br-]. The van der Waals surface area contributed by atoms with E-state index in [4.69, 9.17) is 4.74 Å². The van der Waals surface area contributed by atoms with Gasteiger partial charge >= 0.3 is 5.97 Å². The van der Waals surface area contributed by atoms with E-state index in [2.05, 4.69) is 43.6 Å². The van der Waals surface area contributed by atoms with Gasteiger partial charge in [-0.2, -0.15) is 4.57 Å². The van der Waals surface area contributed by atoms with Gasteiger partial charge in [-0.1, -0.05) is 25.2 Å². The van der Waals surface area contributed by atoms with Crippen LogP contribution in [0.3, 0.4) is 0 Å². The van der Waals surface area contributed by atoms with E-state index in [9.17, 15) is 4.79 Å². The first-order valence-corrected chi connectivity index (χ1v) is 12.8. The predicted octanol–water partition coefficient (Wildman–Crippen LogP) is 2.36. The maximum absolute atomic E-state index is 11.5. The zero-order valence-corrected chi connectivity index (χ0v) is 21.7. The van der Waals surface area contributed by atoms with E-state index in [1.807, 2.05) is 0 Å². The molecule has 0 aliphatic heterocycles. The van der Waals surface area contributed by atoms with Crippen LogP contribution >= 0.6 is 11.3 Å². The fourth-order valence-electron chi connectivity index (χ4n) is 8.38. The monoisotopic (exact) mass is 495 g/mol. The molecule has 5 rings (SSSR count). The Morgan fingerprint density at radius 3 is 2.63 bits per heavy atom. The lowest BCUT2D eigenvalue weighted by Gasteiger charge is -2.60. The molecule has 3 nitrogen and oxygen atoms in total. The highest BCUT2D eigenvalue weighted by Crippen LogP contribution is 2.66. The van der Waals surface area contributed by atoms with Crippen molar-refractivity contribution in [3.8, 4) is 0 Å². The van der Waals surface area contributed by atoms with Crippen LogP contribution in [0, 0.1) is 36.0 Å². The number of fused-ring (bicyclic) bond motifs is 7. The Kier molecular flexibility index (Phi) is 5.97. The third kappa shape index (κ3) is 3.16. The van der Waals surface area contributed by atoms with Crippen LogP contribution in [0.4, 0.5) is 0 Å². The third-order valence-electron chi connectivity index (χ3n) is 9.81. The van der Waals surface area contributed by atoms with Crippen molar-refractivity contribution < 1.29 is 31.1 Å². The molecule has 0 spiro atoms. The number of esters is 1. The van der Waals surface area contributed by atoms with Crippen LogP contribution in [0.1, 0.15) is 88.2 Å². The van der Waals surface area contributed by atoms with Gasteiger partial charge in [0.2, 0.25) is 5.01 Å². The molecule has 0 aromatic carbocycles.